The Labute approximate surface area is 208 Å². The van der Waals surface area contributed by atoms with Crippen LogP contribution in [0.1, 0.15) is 22.6 Å². The average Bonchev–Trinajstić information content (AvgIpc) is 2.92. The molecule has 0 amide bonds. The minimum absolute atomic E-state index is 0.0879. The van der Waals surface area contributed by atoms with Gasteiger partial charge in [0.25, 0.3) is 0 Å². The van der Waals surface area contributed by atoms with E-state index in [1.807, 2.05) is 42.5 Å². The van der Waals surface area contributed by atoms with Crippen molar-refractivity contribution in [3.63, 3.8) is 0 Å². The Morgan fingerprint density at radius 2 is 1.03 bits per heavy atom. The average molecular weight is 467 g/mol. The van der Waals surface area contributed by atoms with E-state index in [1.165, 1.54) is 5.56 Å². The second-order valence-electron chi connectivity index (χ2n) is 9.29. The lowest BCUT2D eigenvalue weighted by Crippen LogP contribution is -2.13. The summed E-state index contributed by atoms with van der Waals surface area (Å²) in [6.07, 6.45) is 0. The van der Waals surface area contributed by atoms with Gasteiger partial charge >= 0.3 is 0 Å². The number of rotatable bonds is 2. The van der Waals surface area contributed by atoms with Crippen LogP contribution >= 0.6 is 0 Å². The zero-order chi connectivity index (χ0) is 24.2. The minimum Gasteiger partial charge on any atom is -0.508 e. The molecule has 0 fully saturated rings. The molecule has 0 radical (unpaired) electrons. The highest BCUT2D eigenvalue weighted by Gasteiger charge is 2.32. The first-order valence-corrected chi connectivity index (χ1v) is 12.0. The molecule has 1 heterocycles. The maximum absolute atomic E-state index is 10.1. The predicted molar refractivity (Wildman–Crippen MR) is 144 cm³/mol. The van der Waals surface area contributed by atoms with E-state index in [0.717, 1.165) is 55.3 Å². The first kappa shape index (κ1) is 20.6. The van der Waals surface area contributed by atoms with E-state index in [2.05, 4.69) is 48.5 Å². The molecule has 3 heteroatoms. The molecule has 0 bridgehead atoms. The summed E-state index contributed by atoms with van der Waals surface area (Å²) < 4.78 is 6.47. The summed E-state index contributed by atoms with van der Waals surface area (Å²) in [5, 5.41) is 24.3. The molecule has 0 aromatic heterocycles. The van der Waals surface area contributed by atoms with Crippen LogP contribution < -0.4 is 4.74 Å². The number of phenolic OH excluding ortho intramolecular Hbond substituents is 2. The zero-order valence-electron chi connectivity index (χ0n) is 19.3. The van der Waals surface area contributed by atoms with Crippen molar-refractivity contribution in [3.05, 3.63) is 132 Å². The molecule has 2 N–H and O–H groups in total. The summed E-state index contributed by atoms with van der Waals surface area (Å²) in [6.45, 7) is 0. The molecule has 6 aromatic carbocycles. The molecule has 0 saturated heterocycles. The van der Waals surface area contributed by atoms with Gasteiger partial charge in [-0.05, 0) is 74.6 Å². The molecule has 1 aliphatic rings. The van der Waals surface area contributed by atoms with E-state index in [9.17, 15) is 10.2 Å². The minimum atomic E-state index is -0.0879. The lowest BCUT2D eigenvalue weighted by atomic mass is 9.78. The molecule has 172 valence electrons. The van der Waals surface area contributed by atoms with E-state index in [4.69, 9.17) is 4.74 Å². The second-order valence-corrected chi connectivity index (χ2v) is 9.29. The molecule has 36 heavy (non-hydrogen) atoms. The van der Waals surface area contributed by atoms with Gasteiger partial charge in [0.1, 0.15) is 23.0 Å². The maximum atomic E-state index is 10.1. The fraction of sp³-hybridized carbons (Fsp3) is 0.0303. The van der Waals surface area contributed by atoms with Gasteiger partial charge < -0.3 is 14.9 Å². The third-order valence-electron chi connectivity index (χ3n) is 7.16. The molecule has 0 atom stereocenters. The van der Waals surface area contributed by atoms with Crippen LogP contribution in [0.25, 0.3) is 32.7 Å². The third kappa shape index (κ3) is 3.21. The molecular formula is C33H22O3. The Hall–Kier alpha value is -4.76. The van der Waals surface area contributed by atoms with Crippen LogP contribution in [0.5, 0.6) is 23.0 Å². The molecule has 0 saturated carbocycles. The Balaban J connectivity index is 1.51. The van der Waals surface area contributed by atoms with Gasteiger partial charge in [0.05, 0.1) is 0 Å². The molecule has 6 aromatic rings. The summed E-state index contributed by atoms with van der Waals surface area (Å²) in [6, 6.07) is 38.1. The van der Waals surface area contributed by atoms with Crippen molar-refractivity contribution < 1.29 is 14.9 Å². The number of ether oxygens (including phenoxy) is 1. The number of aromatic hydroxyl groups is 2. The van der Waals surface area contributed by atoms with E-state index in [0.29, 0.717) is 0 Å². The molecular weight excluding hydrogens is 444 g/mol. The summed E-state index contributed by atoms with van der Waals surface area (Å²) >= 11 is 0. The first-order valence-electron chi connectivity index (χ1n) is 12.0. The quantitative estimate of drug-likeness (QED) is 0.269. The Bertz CT molecular complexity index is 1680. The summed E-state index contributed by atoms with van der Waals surface area (Å²) in [5.41, 5.74) is 5.65. The largest absolute Gasteiger partial charge is 0.508 e. The van der Waals surface area contributed by atoms with Crippen LogP contribution in [0.3, 0.4) is 0 Å². The van der Waals surface area contributed by atoms with Crippen LogP contribution in [-0.4, -0.2) is 10.2 Å². The van der Waals surface area contributed by atoms with E-state index in [-0.39, 0.29) is 17.4 Å². The van der Waals surface area contributed by atoms with E-state index >= 15 is 0 Å². The molecule has 0 spiro atoms. The van der Waals surface area contributed by atoms with Crippen LogP contribution in [0.4, 0.5) is 0 Å². The van der Waals surface area contributed by atoms with Crippen molar-refractivity contribution in [2.45, 2.75) is 5.92 Å². The van der Waals surface area contributed by atoms with E-state index in [1.54, 1.807) is 24.3 Å². The van der Waals surface area contributed by atoms with Gasteiger partial charge in [0.15, 0.2) is 0 Å². The number of benzene rings is 6. The smallest absolute Gasteiger partial charge is 0.132 e. The Morgan fingerprint density at radius 1 is 0.500 bits per heavy atom. The molecule has 3 nitrogen and oxygen atoms in total. The van der Waals surface area contributed by atoms with Crippen LogP contribution in [0, 0.1) is 0 Å². The van der Waals surface area contributed by atoms with Gasteiger partial charge in [-0.3, -0.25) is 0 Å². The van der Waals surface area contributed by atoms with Crippen molar-refractivity contribution in [2.24, 2.45) is 0 Å². The van der Waals surface area contributed by atoms with Crippen molar-refractivity contribution in [1.29, 1.82) is 0 Å². The van der Waals surface area contributed by atoms with Gasteiger partial charge in [-0.1, -0.05) is 78.9 Å². The standard InChI is InChI=1S/C33H22O3/c34-25-12-14-27-23(18-25)10-16-29-32(27)31(22-8-6-21(7-9-22)20-4-2-1-3-5-20)33-28-15-13-26(35)19-24(28)11-17-30(33)36-29/h1-19,31,34-35H. The topological polar surface area (TPSA) is 49.7 Å². The second kappa shape index (κ2) is 7.89. The zero-order valence-corrected chi connectivity index (χ0v) is 19.3. The van der Waals surface area contributed by atoms with Crippen molar-refractivity contribution >= 4 is 21.5 Å². The maximum Gasteiger partial charge on any atom is 0.132 e. The van der Waals surface area contributed by atoms with Gasteiger partial charge in [-0.25, -0.2) is 0 Å². The molecule has 1 aliphatic heterocycles. The van der Waals surface area contributed by atoms with Gasteiger partial charge in [0, 0.05) is 17.0 Å². The Morgan fingerprint density at radius 3 is 1.58 bits per heavy atom. The highest BCUT2D eigenvalue weighted by Crippen LogP contribution is 2.52. The fourth-order valence-electron chi connectivity index (χ4n) is 5.51. The van der Waals surface area contributed by atoms with Gasteiger partial charge in [-0.2, -0.15) is 0 Å². The van der Waals surface area contributed by atoms with Crippen molar-refractivity contribution in [2.75, 3.05) is 0 Å². The Kier molecular flexibility index (Phi) is 4.52. The van der Waals surface area contributed by atoms with Crippen LogP contribution in [0.2, 0.25) is 0 Å². The molecule has 0 aliphatic carbocycles. The SMILES string of the molecule is Oc1ccc2c3c(ccc2c1)Oc1ccc2cc(O)ccc2c1C3c1ccc(-c2ccccc2)cc1. The molecule has 0 unspecified atom stereocenters. The number of fused-ring (bicyclic) bond motifs is 6. The lowest BCUT2D eigenvalue weighted by molar-refractivity contribution is 0.455. The third-order valence-corrected chi connectivity index (χ3v) is 7.16. The fourth-order valence-corrected chi connectivity index (χ4v) is 5.51. The monoisotopic (exact) mass is 466 g/mol. The van der Waals surface area contributed by atoms with Crippen molar-refractivity contribution in [1.82, 2.24) is 0 Å². The summed E-state index contributed by atoms with van der Waals surface area (Å²) in [7, 11) is 0. The van der Waals surface area contributed by atoms with Crippen LogP contribution in [-0.2, 0) is 0 Å². The first-order chi connectivity index (χ1) is 17.7. The highest BCUT2D eigenvalue weighted by molar-refractivity contribution is 5.96. The molecule has 7 rings (SSSR count). The number of hydrogen-bond acceptors (Lipinski definition) is 3. The summed E-state index contributed by atoms with van der Waals surface area (Å²) in [4.78, 5) is 0. The van der Waals surface area contributed by atoms with Crippen molar-refractivity contribution in [3.8, 4) is 34.1 Å². The summed E-state index contributed by atoms with van der Waals surface area (Å²) in [5.74, 6) is 2.02. The van der Waals surface area contributed by atoms with Gasteiger partial charge in [0.2, 0.25) is 0 Å². The lowest BCUT2D eigenvalue weighted by Gasteiger charge is -2.31. The highest BCUT2D eigenvalue weighted by atomic mass is 16.5. The predicted octanol–water partition coefficient (Wildman–Crippen LogP) is 8.36. The number of phenols is 2. The van der Waals surface area contributed by atoms with Crippen LogP contribution in [0.15, 0.2) is 115 Å². The van der Waals surface area contributed by atoms with Gasteiger partial charge in [-0.15, -0.1) is 0 Å². The number of hydrogen-bond donors (Lipinski definition) is 2. The van der Waals surface area contributed by atoms with E-state index < -0.39 is 0 Å². The normalized spacial score (nSPS) is 12.8.